The standard InChI is InChI=1S/C16H23NO/c1-2-8-17-14-10-16(11-14)18-15-7-6-12-4-3-5-13(12)9-15/h6-7,9,14,16-17H,2-5,8,10-11H2,1H3. The normalized spacial score (nSPS) is 25.6. The molecule has 1 fully saturated rings. The molecule has 1 aromatic rings. The molecule has 2 aliphatic rings. The van der Waals surface area contributed by atoms with Gasteiger partial charge in [0, 0.05) is 6.04 Å². The molecule has 0 spiro atoms. The van der Waals surface area contributed by atoms with Gasteiger partial charge in [-0.05, 0) is 68.3 Å². The number of hydrogen-bond donors (Lipinski definition) is 1. The molecule has 0 saturated heterocycles. The molecule has 2 aliphatic carbocycles. The first-order chi connectivity index (χ1) is 8.85. The van der Waals surface area contributed by atoms with Crippen molar-refractivity contribution in [3.05, 3.63) is 29.3 Å². The second-order valence-corrected chi connectivity index (χ2v) is 5.65. The van der Waals surface area contributed by atoms with Crippen LogP contribution < -0.4 is 10.1 Å². The number of nitrogens with one attached hydrogen (secondary N) is 1. The molecule has 0 bridgehead atoms. The van der Waals surface area contributed by atoms with Crippen LogP contribution in [-0.2, 0) is 12.8 Å². The van der Waals surface area contributed by atoms with Crippen LogP contribution in [0.3, 0.4) is 0 Å². The Labute approximate surface area is 110 Å². The summed E-state index contributed by atoms with van der Waals surface area (Å²) in [6.45, 7) is 3.35. The number of fused-ring (bicyclic) bond motifs is 1. The summed E-state index contributed by atoms with van der Waals surface area (Å²) < 4.78 is 6.05. The molecular formula is C16H23NO. The van der Waals surface area contributed by atoms with Crippen molar-refractivity contribution in [3.8, 4) is 5.75 Å². The summed E-state index contributed by atoms with van der Waals surface area (Å²) in [5, 5.41) is 3.55. The van der Waals surface area contributed by atoms with E-state index < -0.39 is 0 Å². The molecule has 0 atom stereocenters. The van der Waals surface area contributed by atoms with Gasteiger partial charge in [-0.25, -0.2) is 0 Å². The van der Waals surface area contributed by atoms with Gasteiger partial charge in [0.1, 0.15) is 11.9 Å². The van der Waals surface area contributed by atoms with E-state index in [1.165, 1.54) is 36.8 Å². The number of aryl methyl sites for hydroxylation is 2. The van der Waals surface area contributed by atoms with Crippen molar-refractivity contribution in [2.75, 3.05) is 6.54 Å². The Morgan fingerprint density at radius 2 is 2.06 bits per heavy atom. The summed E-state index contributed by atoms with van der Waals surface area (Å²) in [6.07, 6.45) is 7.77. The molecule has 2 nitrogen and oxygen atoms in total. The summed E-state index contributed by atoms with van der Waals surface area (Å²) in [5.41, 5.74) is 3.03. The van der Waals surface area contributed by atoms with Crippen LogP contribution in [0.5, 0.6) is 5.75 Å². The van der Waals surface area contributed by atoms with Crippen LogP contribution in [0.4, 0.5) is 0 Å². The number of ether oxygens (including phenoxy) is 1. The van der Waals surface area contributed by atoms with Crippen molar-refractivity contribution in [1.29, 1.82) is 0 Å². The predicted molar refractivity (Wildman–Crippen MR) is 74.2 cm³/mol. The molecule has 0 amide bonds. The first kappa shape index (κ1) is 12.0. The summed E-state index contributed by atoms with van der Waals surface area (Å²) in [4.78, 5) is 0. The highest BCUT2D eigenvalue weighted by atomic mass is 16.5. The molecule has 3 rings (SSSR count). The zero-order chi connectivity index (χ0) is 12.4. The van der Waals surface area contributed by atoms with Crippen LogP contribution in [0.2, 0.25) is 0 Å². The zero-order valence-corrected chi connectivity index (χ0v) is 11.2. The van der Waals surface area contributed by atoms with Gasteiger partial charge in [0.25, 0.3) is 0 Å². The van der Waals surface area contributed by atoms with Crippen molar-refractivity contribution >= 4 is 0 Å². The lowest BCUT2D eigenvalue weighted by Gasteiger charge is -2.36. The topological polar surface area (TPSA) is 21.3 Å². The van der Waals surface area contributed by atoms with Crippen molar-refractivity contribution in [3.63, 3.8) is 0 Å². The lowest BCUT2D eigenvalue weighted by atomic mass is 9.89. The van der Waals surface area contributed by atoms with Gasteiger partial charge in [0.2, 0.25) is 0 Å². The van der Waals surface area contributed by atoms with E-state index in [2.05, 4.69) is 30.4 Å². The maximum Gasteiger partial charge on any atom is 0.120 e. The second kappa shape index (κ2) is 5.31. The zero-order valence-electron chi connectivity index (χ0n) is 11.2. The molecule has 1 aromatic carbocycles. The Bertz CT molecular complexity index is 410. The SMILES string of the molecule is CCCNC1CC(Oc2ccc3c(c2)CCC3)C1. The quantitative estimate of drug-likeness (QED) is 0.860. The summed E-state index contributed by atoms with van der Waals surface area (Å²) in [5.74, 6) is 1.08. The van der Waals surface area contributed by atoms with Gasteiger partial charge in [-0.1, -0.05) is 13.0 Å². The van der Waals surface area contributed by atoms with E-state index in [0.717, 1.165) is 25.1 Å². The molecule has 0 aromatic heterocycles. The lowest BCUT2D eigenvalue weighted by Crippen LogP contribution is -2.46. The average molecular weight is 245 g/mol. The molecule has 1 N–H and O–H groups in total. The highest BCUT2D eigenvalue weighted by molar-refractivity contribution is 5.38. The van der Waals surface area contributed by atoms with Crippen molar-refractivity contribution < 1.29 is 4.74 Å². The molecule has 0 unspecified atom stereocenters. The van der Waals surface area contributed by atoms with E-state index in [0.29, 0.717) is 12.1 Å². The molecule has 0 radical (unpaired) electrons. The molecule has 98 valence electrons. The van der Waals surface area contributed by atoms with Crippen molar-refractivity contribution in [2.45, 2.75) is 57.6 Å². The van der Waals surface area contributed by atoms with Gasteiger partial charge in [-0.3, -0.25) is 0 Å². The highest BCUT2D eigenvalue weighted by Gasteiger charge is 2.30. The first-order valence-electron chi connectivity index (χ1n) is 7.37. The van der Waals surface area contributed by atoms with E-state index >= 15 is 0 Å². The van der Waals surface area contributed by atoms with Crippen LogP contribution in [-0.4, -0.2) is 18.7 Å². The highest BCUT2D eigenvalue weighted by Crippen LogP contribution is 2.30. The van der Waals surface area contributed by atoms with E-state index in [1.54, 1.807) is 0 Å². The largest absolute Gasteiger partial charge is 0.490 e. The van der Waals surface area contributed by atoms with Crippen LogP contribution in [0.15, 0.2) is 18.2 Å². The molecule has 1 saturated carbocycles. The van der Waals surface area contributed by atoms with E-state index in [9.17, 15) is 0 Å². The number of rotatable bonds is 5. The van der Waals surface area contributed by atoms with E-state index in [4.69, 9.17) is 4.74 Å². The molecular weight excluding hydrogens is 222 g/mol. The second-order valence-electron chi connectivity index (χ2n) is 5.65. The van der Waals surface area contributed by atoms with Crippen molar-refractivity contribution in [2.24, 2.45) is 0 Å². The van der Waals surface area contributed by atoms with Crippen molar-refractivity contribution in [1.82, 2.24) is 5.32 Å². The monoisotopic (exact) mass is 245 g/mol. The van der Waals surface area contributed by atoms with E-state index in [1.807, 2.05) is 0 Å². The van der Waals surface area contributed by atoms with Crippen LogP contribution in [0.25, 0.3) is 0 Å². The molecule has 2 heteroatoms. The third-order valence-corrected chi connectivity index (χ3v) is 4.15. The van der Waals surface area contributed by atoms with Gasteiger partial charge in [-0.15, -0.1) is 0 Å². The van der Waals surface area contributed by atoms with Crippen LogP contribution in [0, 0.1) is 0 Å². The summed E-state index contributed by atoms with van der Waals surface area (Å²) in [6, 6.07) is 7.35. The van der Waals surface area contributed by atoms with Crippen LogP contribution in [0.1, 0.15) is 43.7 Å². The summed E-state index contributed by atoms with van der Waals surface area (Å²) >= 11 is 0. The first-order valence-corrected chi connectivity index (χ1v) is 7.37. The molecule has 0 heterocycles. The Morgan fingerprint density at radius 1 is 1.22 bits per heavy atom. The average Bonchev–Trinajstić information content (AvgIpc) is 2.79. The maximum atomic E-state index is 6.05. The lowest BCUT2D eigenvalue weighted by molar-refractivity contribution is 0.0852. The Balaban J connectivity index is 1.50. The van der Waals surface area contributed by atoms with Gasteiger partial charge in [0.15, 0.2) is 0 Å². The van der Waals surface area contributed by atoms with Gasteiger partial charge in [0.05, 0.1) is 0 Å². The Morgan fingerprint density at radius 3 is 2.89 bits per heavy atom. The Kier molecular flexibility index (Phi) is 3.55. The summed E-state index contributed by atoms with van der Waals surface area (Å²) in [7, 11) is 0. The van der Waals surface area contributed by atoms with Gasteiger partial charge in [-0.2, -0.15) is 0 Å². The fraction of sp³-hybridized carbons (Fsp3) is 0.625. The fourth-order valence-electron chi connectivity index (χ4n) is 2.99. The third-order valence-electron chi connectivity index (χ3n) is 4.15. The van der Waals surface area contributed by atoms with Gasteiger partial charge < -0.3 is 10.1 Å². The minimum absolute atomic E-state index is 0.429. The maximum absolute atomic E-state index is 6.05. The van der Waals surface area contributed by atoms with Crippen LogP contribution >= 0.6 is 0 Å². The third kappa shape index (κ3) is 2.54. The minimum atomic E-state index is 0.429. The Hall–Kier alpha value is -1.02. The molecule has 0 aliphatic heterocycles. The van der Waals surface area contributed by atoms with Gasteiger partial charge >= 0.3 is 0 Å². The molecule has 18 heavy (non-hydrogen) atoms. The number of hydrogen-bond acceptors (Lipinski definition) is 2. The minimum Gasteiger partial charge on any atom is -0.490 e. The number of benzene rings is 1. The predicted octanol–water partition coefficient (Wildman–Crippen LogP) is 3.08. The smallest absolute Gasteiger partial charge is 0.120 e. The fourth-order valence-corrected chi connectivity index (χ4v) is 2.99. The van der Waals surface area contributed by atoms with E-state index in [-0.39, 0.29) is 0 Å².